The number of rotatable bonds is 3. The minimum atomic E-state index is -0.272. The molecule has 0 aliphatic carbocycles. The predicted octanol–water partition coefficient (Wildman–Crippen LogP) is 3.96. The number of carbonyl (C=O) groups excluding carboxylic acids is 1. The van der Waals surface area contributed by atoms with Gasteiger partial charge in [-0.3, -0.25) is 4.79 Å². The van der Waals surface area contributed by atoms with Crippen molar-refractivity contribution in [1.82, 2.24) is 10.4 Å². The molecule has 0 bridgehead atoms. The van der Waals surface area contributed by atoms with Crippen LogP contribution in [-0.4, -0.2) is 17.1 Å². The maximum Gasteiger partial charge on any atom is 0.271 e. The summed E-state index contributed by atoms with van der Waals surface area (Å²) in [5, 5.41) is 5.26. The number of fused-ring (bicyclic) bond motifs is 1. The summed E-state index contributed by atoms with van der Waals surface area (Å²) in [7, 11) is 0. The molecular formula is C18H14ClN3O. The van der Waals surface area contributed by atoms with Crippen LogP contribution in [0.4, 0.5) is 0 Å². The fourth-order valence-corrected chi connectivity index (χ4v) is 2.32. The van der Waals surface area contributed by atoms with Crippen molar-refractivity contribution in [2.75, 3.05) is 0 Å². The number of hydrogen-bond acceptors (Lipinski definition) is 3. The number of nitrogens with one attached hydrogen (secondary N) is 1. The molecule has 3 aromatic rings. The lowest BCUT2D eigenvalue weighted by Crippen LogP contribution is -2.17. The Bertz CT molecular complexity index is 888. The number of amides is 1. The monoisotopic (exact) mass is 323 g/mol. The van der Waals surface area contributed by atoms with Gasteiger partial charge in [0.05, 0.1) is 11.7 Å². The molecule has 5 heteroatoms. The van der Waals surface area contributed by atoms with Crippen LogP contribution in [0.2, 0.25) is 5.15 Å². The van der Waals surface area contributed by atoms with Gasteiger partial charge in [0, 0.05) is 16.5 Å². The lowest BCUT2D eigenvalue weighted by molar-refractivity contribution is 0.0955. The second kappa shape index (κ2) is 6.58. The van der Waals surface area contributed by atoms with Crippen molar-refractivity contribution in [3.05, 3.63) is 76.4 Å². The number of hydrogen-bond donors (Lipinski definition) is 1. The van der Waals surface area contributed by atoms with Gasteiger partial charge in [-0.2, -0.15) is 5.10 Å². The largest absolute Gasteiger partial charge is 0.271 e. The zero-order chi connectivity index (χ0) is 16.2. The van der Waals surface area contributed by atoms with Crippen molar-refractivity contribution in [3.8, 4) is 0 Å². The number of nitrogens with zero attached hydrogens (tertiary/aromatic N) is 2. The molecule has 3 rings (SSSR count). The fraction of sp³-hybridized carbons (Fsp3) is 0.0556. The van der Waals surface area contributed by atoms with Crippen molar-refractivity contribution >= 4 is 34.6 Å². The summed E-state index contributed by atoms with van der Waals surface area (Å²) in [5.74, 6) is -0.272. The smallest absolute Gasteiger partial charge is 0.267 e. The van der Waals surface area contributed by atoms with Crippen molar-refractivity contribution in [1.29, 1.82) is 0 Å². The Morgan fingerprint density at radius 3 is 2.70 bits per heavy atom. The highest BCUT2D eigenvalue weighted by molar-refractivity contribution is 6.32. The van der Waals surface area contributed by atoms with Crippen LogP contribution in [0.15, 0.2) is 59.7 Å². The number of pyridine rings is 1. The highest BCUT2D eigenvalue weighted by atomic mass is 35.5. The molecule has 0 fully saturated rings. The van der Waals surface area contributed by atoms with Crippen molar-refractivity contribution in [2.24, 2.45) is 5.10 Å². The highest BCUT2D eigenvalue weighted by Crippen LogP contribution is 2.18. The van der Waals surface area contributed by atoms with Crippen LogP contribution in [0.5, 0.6) is 0 Å². The van der Waals surface area contributed by atoms with Crippen molar-refractivity contribution in [3.63, 3.8) is 0 Å². The molecule has 0 atom stereocenters. The minimum Gasteiger partial charge on any atom is -0.267 e. The number of carbonyl (C=O) groups is 1. The van der Waals surface area contributed by atoms with Gasteiger partial charge in [0.25, 0.3) is 5.91 Å². The fourth-order valence-electron chi connectivity index (χ4n) is 2.13. The van der Waals surface area contributed by atoms with E-state index < -0.39 is 0 Å². The normalized spacial score (nSPS) is 11.0. The van der Waals surface area contributed by atoms with Crippen LogP contribution in [0, 0.1) is 6.92 Å². The van der Waals surface area contributed by atoms with Gasteiger partial charge in [0.15, 0.2) is 0 Å². The molecule has 0 saturated carbocycles. The molecule has 0 spiro atoms. The van der Waals surface area contributed by atoms with E-state index in [1.807, 2.05) is 49.4 Å². The molecule has 0 radical (unpaired) electrons. The summed E-state index contributed by atoms with van der Waals surface area (Å²) in [4.78, 5) is 16.3. The van der Waals surface area contributed by atoms with E-state index >= 15 is 0 Å². The third-order valence-electron chi connectivity index (χ3n) is 3.39. The molecule has 0 saturated heterocycles. The summed E-state index contributed by atoms with van der Waals surface area (Å²) in [6, 6.07) is 16.8. The van der Waals surface area contributed by atoms with Gasteiger partial charge >= 0.3 is 0 Å². The first kappa shape index (κ1) is 15.2. The highest BCUT2D eigenvalue weighted by Gasteiger charge is 2.05. The summed E-state index contributed by atoms with van der Waals surface area (Å²) in [6.07, 6.45) is 1.49. The second-order valence-electron chi connectivity index (χ2n) is 5.13. The number of aryl methyl sites for hydroxylation is 1. The van der Waals surface area contributed by atoms with Gasteiger partial charge in [-0.25, -0.2) is 10.4 Å². The number of hydrazone groups is 1. The molecule has 0 aliphatic heterocycles. The van der Waals surface area contributed by atoms with Crippen molar-refractivity contribution < 1.29 is 4.79 Å². The van der Waals surface area contributed by atoms with Crippen LogP contribution in [-0.2, 0) is 0 Å². The van der Waals surface area contributed by atoms with Crippen LogP contribution in [0.25, 0.3) is 10.9 Å². The maximum absolute atomic E-state index is 12.0. The number of aromatic nitrogens is 1. The molecule has 114 valence electrons. The van der Waals surface area contributed by atoms with E-state index in [9.17, 15) is 4.79 Å². The minimum absolute atomic E-state index is 0.272. The molecule has 1 aromatic heterocycles. The van der Waals surface area contributed by atoms with Crippen LogP contribution in [0.3, 0.4) is 0 Å². The second-order valence-corrected chi connectivity index (χ2v) is 5.48. The quantitative estimate of drug-likeness (QED) is 0.450. The zero-order valence-corrected chi connectivity index (χ0v) is 13.2. The Morgan fingerprint density at radius 1 is 1.17 bits per heavy atom. The average molecular weight is 324 g/mol. The van der Waals surface area contributed by atoms with E-state index in [1.165, 1.54) is 6.21 Å². The molecule has 2 aromatic carbocycles. The molecule has 1 N–H and O–H groups in total. The molecule has 0 aliphatic rings. The van der Waals surface area contributed by atoms with Gasteiger partial charge in [-0.05, 0) is 31.2 Å². The number of para-hydroxylation sites is 1. The maximum atomic E-state index is 12.0. The van der Waals surface area contributed by atoms with E-state index in [4.69, 9.17) is 11.6 Å². The topological polar surface area (TPSA) is 54.4 Å². The van der Waals surface area contributed by atoms with Gasteiger partial charge in [-0.15, -0.1) is 0 Å². The average Bonchev–Trinajstić information content (AvgIpc) is 2.56. The summed E-state index contributed by atoms with van der Waals surface area (Å²) in [5.41, 5.74) is 5.60. The SMILES string of the molecule is Cc1ccc(C(=O)NN=Cc2cc3ccccc3nc2Cl)cc1. The van der Waals surface area contributed by atoms with Gasteiger partial charge < -0.3 is 0 Å². The molecular weight excluding hydrogens is 310 g/mol. The van der Waals surface area contributed by atoms with Crippen LogP contribution in [0.1, 0.15) is 21.5 Å². The van der Waals surface area contributed by atoms with Crippen molar-refractivity contribution in [2.45, 2.75) is 6.92 Å². The van der Waals surface area contributed by atoms with Gasteiger partial charge in [0.1, 0.15) is 5.15 Å². The van der Waals surface area contributed by atoms with Crippen LogP contribution < -0.4 is 5.43 Å². The van der Waals surface area contributed by atoms with E-state index in [1.54, 1.807) is 12.1 Å². The summed E-state index contributed by atoms with van der Waals surface area (Å²) >= 11 is 6.14. The lowest BCUT2D eigenvalue weighted by atomic mass is 10.1. The first-order valence-electron chi connectivity index (χ1n) is 7.09. The molecule has 23 heavy (non-hydrogen) atoms. The standard InChI is InChI=1S/C18H14ClN3O/c1-12-6-8-13(9-7-12)18(23)22-20-11-15-10-14-4-2-3-5-16(14)21-17(15)19/h2-11H,1H3,(H,22,23). The number of halogens is 1. The Labute approximate surface area is 138 Å². The van der Waals surface area contributed by atoms with Gasteiger partial charge in [0.2, 0.25) is 0 Å². The zero-order valence-electron chi connectivity index (χ0n) is 12.5. The van der Waals surface area contributed by atoms with E-state index in [2.05, 4.69) is 15.5 Å². The van der Waals surface area contributed by atoms with Crippen LogP contribution >= 0.6 is 11.6 Å². The summed E-state index contributed by atoms with van der Waals surface area (Å²) < 4.78 is 0. The van der Waals surface area contributed by atoms with E-state index in [0.29, 0.717) is 16.3 Å². The van der Waals surface area contributed by atoms with E-state index in [-0.39, 0.29) is 5.91 Å². The summed E-state index contributed by atoms with van der Waals surface area (Å²) in [6.45, 7) is 1.97. The first-order valence-corrected chi connectivity index (χ1v) is 7.46. The lowest BCUT2D eigenvalue weighted by Gasteiger charge is -2.02. The Balaban J connectivity index is 1.76. The molecule has 4 nitrogen and oxygen atoms in total. The van der Waals surface area contributed by atoms with E-state index in [0.717, 1.165) is 16.5 Å². The Morgan fingerprint density at radius 2 is 1.91 bits per heavy atom. The Hall–Kier alpha value is -2.72. The predicted molar refractivity (Wildman–Crippen MR) is 93.0 cm³/mol. The third-order valence-corrected chi connectivity index (χ3v) is 3.69. The Kier molecular flexibility index (Phi) is 4.35. The molecule has 1 heterocycles. The first-order chi connectivity index (χ1) is 11.1. The van der Waals surface area contributed by atoms with Gasteiger partial charge in [-0.1, -0.05) is 47.5 Å². The third kappa shape index (κ3) is 3.55. The number of benzene rings is 2. The molecule has 1 amide bonds. The molecule has 0 unspecified atom stereocenters.